The van der Waals surface area contributed by atoms with E-state index in [2.05, 4.69) is 11.4 Å². The van der Waals surface area contributed by atoms with Crippen LogP contribution in [0.2, 0.25) is 0 Å². The van der Waals surface area contributed by atoms with Gasteiger partial charge in [-0.05, 0) is 36.2 Å². The van der Waals surface area contributed by atoms with E-state index in [1.54, 1.807) is 12.1 Å². The fourth-order valence-electron chi connectivity index (χ4n) is 2.01. The lowest BCUT2D eigenvalue weighted by molar-refractivity contribution is -0.122. The van der Waals surface area contributed by atoms with Gasteiger partial charge in [0.2, 0.25) is 0 Å². The summed E-state index contributed by atoms with van der Waals surface area (Å²) in [5.41, 5.74) is 1.62. The van der Waals surface area contributed by atoms with Gasteiger partial charge in [0.25, 0.3) is 5.91 Å². The van der Waals surface area contributed by atoms with Crippen molar-refractivity contribution in [3.05, 3.63) is 60.2 Å². The van der Waals surface area contributed by atoms with Crippen molar-refractivity contribution in [2.24, 2.45) is 0 Å². The summed E-state index contributed by atoms with van der Waals surface area (Å²) in [4.78, 5) is 12.3. The molecule has 2 aromatic rings. The third-order valence-electron chi connectivity index (χ3n) is 3.19. The Morgan fingerprint density at radius 1 is 1.18 bits per heavy atom. The van der Waals surface area contributed by atoms with E-state index in [9.17, 15) is 4.79 Å². The zero-order valence-corrected chi connectivity index (χ0v) is 12.5. The Balaban J connectivity index is 1.98. The third-order valence-corrected chi connectivity index (χ3v) is 3.19. The van der Waals surface area contributed by atoms with E-state index in [1.807, 2.05) is 49.4 Å². The molecule has 0 fully saturated rings. The lowest BCUT2D eigenvalue weighted by Crippen LogP contribution is -2.32. The molecule has 2 rings (SSSR count). The number of anilines is 1. The highest BCUT2D eigenvalue weighted by molar-refractivity contribution is 5.94. The van der Waals surface area contributed by atoms with Crippen LogP contribution in [-0.4, -0.2) is 12.0 Å². The lowest BCUT2D eigenvalue weighted by atomic mass is 10.1. The predicted molar refractivity (Wildman–Crippen MR) is 85.5 cm³/mol. The van der Waals surface area contributed by atoms with Gasteiger partial charge in [-0.3, -0.25) is 4.79 Å². The zero-order chi connectivity index (χ0) is 15.8. The van der Waals surface area contributed by atoms with Gasteiger partial charge < -0.3 is 10.1 Å². The summed E-state index contributed by atoms with van der Waals surface area (Å²) in [7, 11) is 0. The monoisotopic (exact) mass is 294 g/mol. The van der Waals surface area contributed by atoms with Gasteiger partial charge in [-0.15, -0.1) is 0 Å². The summed E-state index contributed by atoms with van der Waals surface area (Å²) in [6.45, 7) is 1.91. The summed E-state index contributed by atoms with van der Waals surface area (Å²) in [6.07, 6.45) is 0.400. The summed E-state index contributed by atoms with van der Waals surface area (Å²) in [5.74, 6) is 0.494. The van der Waals surface area contributed by atoms with Crippen molar-refractivity contribution in [1.29, 1.82) is 5.26 Å². The Labute approximate surface area is 130 Å². The number of nitriles is 1. The van der Waals surface area contributed by atoms with Gasteiger partial charge in [0.1, 0.15) is 5.75 Å². The molecule has 0 saturated heterocycles. The average molecular weight is 294 g/mol. The van der Waals surface area contributed by atoms with Crippen LogP contribution in [0.15, 0.2) is 54.6 Å². The fourth-order valence-corrected chi connectivity index (χ4v) is 2.01. The number of carbonyl (C=O) groups excluding carboxylic acids is 1. The topological polar surface area (TPSA) is 62.1 Å². The molecule has 0 aromatic heterocycles. The zero-order valence-electron chi connectivity index (χ0n) is 12.5. The van der Waals surface area contributed by atoms with Gasteiger partial charge in [-0.2, -0.15) is 5.26 Å². The molecule has 1 atom stereocenters. The molecule has 2 aromatic carbocycles. The van der Waals surface area contributed by atoms with Crippen LogP contribution in [-0.2, 0) is 11.2 Å². The molecule has 1 amide bonds. The van der Waals surface area contributed by atoms with Gasteiger partial charge in [-0.1, -0.05) is 37.3 Å². The smallest absolute Gasteiger partial charge is 0.265 e. The summed E-state index contributed by atoms with van der Waals surface area (Å²) in [6, 6.07) is 18.6. The highest BCUT2D eigenvalue weighted by atomic mass is 16.5. The van der Waals surface area contributed by atoms with Crippen LogP contribution in [0.4, 0.5) is 5.69 Å². The van der Waals surface area contributed by atoms with Gasteiger partial charge in [0, 0.05) is 5.69 Å². The maximum absolute atomic E-state index is 12.3. The van der Waals surface area contributed by atoms with Crippen molar-refractivity contribution < 1.29 is 9.53 Å². The van der Waals surface area contributed by atoms with Crippen LogP contribution < -0.4 is 10.1 Å². The molecule has 112 valence electrons. The molecule has 0 bridgehead atoms. The molecule has 0 radical (unpaired) electrons. The average Bonchev–Trinajstić information content (AvgIpc) is 2.55. The predicted octanol–water partition coefficient (Wildman–Crippen LogP) is 3.55. The van der Waals surface area contributed by atoms with Gasteiger partial charge in [0.05, 0.1) is 12.5 Å². The number of para-hydroxylation sites is 1. The van der Waals surface area contributed by atoms with Crippen LogP contribution >= 0.6 is 0 Å². The number of hydrogen-bond acceptors (Lipinski definition) is 3. The molecule has 0 spiro atoms. The number of carbonyl (C=O) groups is 1. The quantitative estimate of drug-likeness (QED) is 0.886. The first-order chi connectivity index (χ1) is 10.7. The standard InChI is InChI=1S/C18H18N2O2/c1-2-17(22-16-6-4-3-5-7-16)18(21)20-15-10-8-14(9-11-15)12-13-19/h3-11,17H,2,12H2,1H3,(H,20,21)/t17-/m1/s1. The largest absolute Gasteiger partial charge is 0.481 e. The van der Waals surface area contributed by atoms with E-state index < -0.39 is 6.10 Å². The van der Waals surface area contributed by atoms with Crippen LogP contribution in [0.3, 0.4) is 0 Å². The number of hydrogen-bond donors (Lipinski definition) is 1. The second-order valence-electron chi connectivity index (χ2n) is 4.85. The van der Waals surface area contributed by atoms with E-state index in [0.717, 1.165) is 5.56 Å². The maximum Gasteiger partial charge on any atom is 0.265 e. The Kier molecular flexibility index (Phi) is 5.56. The van der Waals surface area contributed by atoms with E-state index in [-0.39, 0.29) is 5.91 Å². The molecular weight excluding hydrogens is 276 g/mol. The number of nitrogens with zero attached hydrogens (tertiary/aromatic N) is 1. The molecule has 0 saturated carbocycles. The Hall–Kier alpha value is -2.80. The lowest BCUT2D eigenvalue weighted by Gasteiger charge is -2.17. The molecule has 4 heteroatoms. The van der Waals surface area contributed by atoms with Crippen LogP contribution in [0, 0.1) is 11.3 Å². The molecule has 0 aliphatic heterocycles. The summed E-state index contributed by atoms with van der Waals surface area (Å²) >= 11 is 0. The second kappa shape index (κ2) is 7.84. The van der Waals surface area contributed by atoms with Crippen molar-refractivity contribution in [1.82, 2.24) is 0 Å². The van der Waals surface area contributed by atoms with Crippen molar-refractivity contribution >= 4 is 11.6 Å². The minimum atomic E-state index is -0.541. The van der Waals surface area contributed by atoms with Crippen molar-refractivity contribution in [3.8, 4) is 11.8 Å². The molecule has 0 aliphatic rings. The van der Waals surface area contributed by atoms with Crippen LogP contribution in [0.25, 0.3) is 0 Å². The fraction of sp³-hybridized carbons (Fsp3) is 0.222. The number of benzene rings is 2. The number of nitrogens with one attached hydrogen (secondary N) is 1. The van der Waals surface area contributed by atoms with Crippen molar-refractivity contribution in [3.63, 3.8) is 0 Å². The Morgan fingerprint density at radius 3 is 2.45 bits per heavy atom. The first kappa shape index (κ1) is 15.6. The second-order valence-corrected chi connectivity index (χ2v) is 4.85. The summed E-state index contributed by atoms with van der Waals surface area (Å²) < 4.78 is 5.70. The van der Waals surface area contributed by atoms with Crippen LogP contribution in [0.5, 0.6) is 5.75 Å². The van der Waals surface area contributed by atoms with E-state index in [1.165, 1.54) is 0 Å². The van der Waals surface area contributed by atoms with Gasteiger partial charge >= 0.3 is 0 Å². The first-order valence-electron chi connectivity index (χ1n) is 7.21. The molecule has 0 heterocycles. The highest BCUT2D eigenvalue weighted by Crippen LogP contribution is 2.15. The van der Waals surface area contributed by atoms with Gasteiger partial charge in [-0.25, -0.2) is 0 Å². The van der Waals surface area contributed by atoms with E-state index >= 15 is 0 Å². The van der Waals surface area contributed by atoms with E-state index in [4.69, 9.17) is 10.00 Å². The number of amides is 1. The molecule has 0 unspecified atom stereocenters. The highest BCUT2D eigenvalue weighted by Gasteiger charge is 2.18. The van der Waals surface area contributed by atoms with Crippen molar-refractivity contribution in [2.75, 3.05) is 5.32 Å². The van der Waals surface area contributed by atoms with Gasteiger partial charge in [0.15, 0.2) is 6.10 Å². The SMILES string of the molecule is CC[C@@H](Oc1ccccc1)C(=O)Nc1ccc(CC#N)cc1. The van der Waals surface area contributed by atoms with E-state index in [0.29, 0.717) is 24.3 Å². The molecule has 0 aliphatic carbocycles. The Bertz CT molecular complexity index is 645. The molecule has 22 heavy (non-hydrogen) atoms. The minimum absolute atomic E-state index is 0.181. The molecule has 4 nitrogen and oxygen atoms in total. The number of ether oxygens (including phenoxy) is 1. The molecular formula is C18H18N2O2. The normalized spacial score (nSPS) is 11.3. The van der Waals surface area contributed by atoms with Crippen molar-refractivity contribution in [2.45, 2.75) is 25.9 Å². The minimum Gasteiger partial charge on any atom is -0.481 e. The Morgan fingerprint density at radius 2 is 1.86 bits per heavy atom. The first-order valence-corrected chi connectivity index (χ1v) is 7.21. The summed E-state index contributed by atoms with van der Waals surface area (Å²) in [5, 5.41) is 11.5. The third kappa shape index (κ3) is 4.35. The number of rotatable bonds is 6. The molecule has 1 N–H and O–H groups in total. The van der Waals surface area contributed by atoms with Crippen LogP contribution in [0.1, 0.15) is 18.9 Å². The maximum atomic E-state index is 12.3.